The molecule has 0 aliphatic carbocycles. The lowest BCUT2D eigenvalue weighted by Crippen LogP contribution is -2.23. The molecule has 28 heavy (non-hydrogen) atoms. The standard InChI is InChI=1S/C20H24N6O2/c1-26(13-9-16-7-10-21-11-8-16)20-24-19(15-23-25-20)22-12-14-28-18-5-3-17(27-2)4-6-18/h3-8,10-11,15H,9,12-14H2,1-2H3,(H,22,24,25). The Morgan fingerprint density at radius 3 is 2.54 bits per heavy atom. The highest BCUT2D eigenvalue weighted by molar-refractivity contribution is 5.38. The number of aromatic nitrogens is 4. The first-order valence-electron chi connectivity index (χ1n) is 9.05. The van der Waals surface area contributed by atoms with E-state index in [1.54, 1.807) is 25.7 Å². The van der Waals surface area contributed by atoms with E-state index in [0.29, 0.717) is 24.9 Å². The number of likely N-dealkylation sites (N-methyl/N-ethyl adjacent to an activating group) is 1. The van der Waals surface area contributed by atoms with Gasteiger partial charge in [0.15, 0.2) is 5.82 Å². The number of benzene rings is 1. The third kappa shape index (κ3) is 5.80. The predicted octanol–water partition coefficient (Wildman–Crippen LogP) is 2.45. The molecular weight excluding hydrogens is 356 g/mol. The summed E-state index contributed by atoms with van der Waals surface area (Å²) < 4.78 is 10.8. The fourth-order valence-corrected chi connectivity index (χ4v) is 2.51. The van der Waals surface area contributed by atoms with Crippen molar-refractivity contribution in [1.82, 2.24) is 20.2 Å². The number of hydrogen-bond donors (Lipinski definition) is 1. The van der Waals surface area contributed by atoms with Gasteiger partial charge in [0.2, 0.25) is 5.95 Å². The van der Waals surface area contributed by atoms with Crippen LogP contribution in [0.15, 0.2) is 55.0 Å². The normalized spacial score (nSPS) is 10.4. The molecule has 0 bridgehead atoms. The molecule has 146 valence electrons. The second-order valence-electron chi connectivity index (χ2n) is 6.12. The van der Waals surface area contributed by atoms with Crippen molar-refractivity contribution < 1.29 is 9.47 Å². The van der Waals surface area contributed by atoms with Crippen LogP contribution in [0.5, 0.6) is 11.5 Å². The number of methoxy groups -OCH3 is 1. The van der Waals surface area contributed by atoms with Gasteiger partial charge < -0.3 is 19.7 Å². The zero-order chi connectivity index (χ0) is 19.6. The Morgan fingerprint density at radius 1 is 1.04 bits per heavy atom. The number of rotatable bonds is 10. The summed E-state index contributed by atoms with van der Waals surface area (Å²) in [6.45, 7) is 1.89. The first kappa shape index (κ1) is 19.3. The Kier molecular flexibility index (Phi) is 6.95. The van der Waals surface area contributed by atoms with Crippen LogP contribution in [0.25, 0.3) is 0 Å². The number of ether oxygens (including phenoxy) is 2. The summed E-state index contributed by atoms with van der Waals surface area (Å²) in [6, 6.07) is 11.5. The first-order valence-corrected chi connectivity index (χ1v) is 9.05. The fraction of sp³-hybridized carbons (Fsp3) is 0.300. The zero-order valence-electron chi connectivity index (χ0n) is 16.1. The topological polar surface area (TPSA) is 85.3 Å². The molecule has 0 amide bonds. The molecule has 0 unspecified atom stereocenters. The average Bonchev–Trinajstić information content (AvgIpc) is 2.76. The van der Waals surface area contributed by atoms with E-state index in [9.17, 15) is 0 Å². The molecule has 3 rings (SSSR count). The van der Waals surface area contributed by atoms with Crippen LogP contribution in [0.2, 0.25) is 0 Å². The molecule has 3 aromatic rings. The number of nitrogens with one attached hydrogen (secondary N) is 1. The van der Waals surface area contributed by atoms with Gasteiger partial charge in [0.25, 0.3) is 0 Å². The van der Waals surface area contributed by atoms with Crippen molar-refractivity contribution in [1.29, 1.82) is 0 Å². The SMILES string of the molecule is COc1ccc(OCCNc2cnnc(N(C)CCc3ccncc3)n2)cc1. The molecule has 0 aliphatic rings. The molecule has 2 heterocycles. The molecular formula is C20H24N6O2. The molecule has 0 fully saturated rings. The van der Waals surface area contributed by atoms with E-state index in [2.05, 4.69) is 25.5 Å². The van der Waals surface area contributed by atoms with Crippen LogP contribution in [0, 0.1) is 0 Å². The summed E-state index contributed by atoms with van der Waals surface area (Å²) in [7, 11) is 3.59. The van der Waals surface area contributed by atoms with Gasteiger partial charge in [-0.05, 0) is 48.4 Å². The van der Waals surface area contributed by atoms with Gasteiger partial charge in [0, 0.05) is 26.0 Å². The van der Waals surface area contributed by atoms with Crippen LogP contribution in [-0.2, 0) is 6.42 Å². The third-order valence-corrected chi connectivity index (χ3v) is 4.11. The average molecular weight is 380 g/mol. The van der Waals surface area contributed by atoms with E-state index >= 15 is 0 Å². The van der Waals surface area contributed by atoms with Crippen molar-refractivity contribution in [3.63, 3.8) is 0 Å². The highest BCUT2D eigenvalue weighted by atomic mass is 16.5. The molecule has 1 aromatic carbocycles. The molecule has 0 spiro atoms. The summed E-state index contributed by atoms with van der Waals surface area (Å²) in [4.78, 5) is 10.5. The van der Waals surface area contributed by atoms with Crippen LogP contribution in [0.3, 0.4) is 0 Å². The van der Waals surface area contributed by atoms with Gasteiger partial charge in [0.1, 0.15) is 18.1 Å². The third-order valence-electron chi connectivity index (χ3n) is 4.11. The van der Waals surface area contributed by atoms with Crippen LogP contribution in [0.4, 0.5) is 11.8 Å². The number of nitrogens with zero attached hydrogens (tertiary/aromatic N) is 5. The van der Waals surface area contributed by atoms with E-state index < -0.39 is 0 Å². The van der Waals surface area contributed by atoms with Crippen molar-refractivity contribution in [3.05, 3.63) is 60.6 Å². The maximum Gasteiger partial charge on any atom is 0.247 e. The predicted molar refractivity (Wildman–Crippen MR) is 108 cm³/mol. The molecule has 2 aromatic heterocycles. The maximum absolute atomic E-state index is 5.70. The monoisotopic (exact) mass is 380 g/mol. The van der Waals surface area contributed by atoms with Gasteiger partial charge in [-0.3, -0.25) is 4.98 Å². The highest BCUT2D eigenvalue weighted by Crippen LogP contribution is 2.16. The zero-order valence-corrected chi connectivity index (χ0v) is 16.1. The molecule has 1 N–H and O–H groups in total. The maximum atomic E-state index is 5.70. The van der Waals surface area contributed by atoms with E-state index in [1.807, 2.05) is 48.3 Å². The lowest BCUT2D eigenvalue weighted by Gasteiger charge is -2.17. The summed E-state index contributed by atoms with van der Waals surface area (Å²) in [5, 5.41) is 11.4. The number of pyridine rings is 1. The van der Waals surface area contributed by atoms with Crippen LogP contribution in [0.1, 0.15) is 5.56 Å². The van der Waals surface area contributed by atoms with Gasteiger partial charge in [-0.1, -0.05) is 0 Å². The van der Waals surface area contributed by atoms with E-state index in [-0.39, 0.29) is 0 Å². The quantitative estimate of drug-likeness (QED) is 0.537. The second-order valence-corrected chi connectivity index (χ2v) is 6.12. The fourth-order valence-electron chi connectivity index (χ4n) is 2.51. The van der Waals surface area contributed by atoms with Gasteiger partial charge in [-0.2, -0.15) is 10.1 Å². The lowest BCUT2D eigenvalue weighted by atomic mass is 10.2. The molecule has 0 saturated carbocycles. The Bertz CT molecular complexity index is 845. The van der Waals surface area contributed by atoms with Gasteiger partial charge in [0.05, 0.1) is 19.9 Å². The van der Waals surface area contributed by atoms with Crippen molar-refractivity contribution in [2.75, 3.05) is 44.1 Å². The smallest absolute Gasteiger partial charge is 0.247 e. The molecule has 0 atom stereocenters. The summed E-state index contributed by atoms with van der Waals surface area (Å²) in [6.07, 6.45) is 6.08. The van der Waals surface area contributed by atoms with E-state index in [4.69, 9.17) is 9.47 Å². The highest BCUT2D eigenvalue weighted by Gasteiger charge is 2.07. The molecule has 8 nitrogen and oxygen atoms in total. The lowest BCUT2D eigenvalue weighted by molar-refractivity contribution is 0.331. The molecule has 0 aliphatic heterocycles. The van der Waals surface area contributed by atoms with E-state index in [1.165, 1.54) is 5.56 Å². The Labute approximate surface area is 164 Å². The Morgan fingerprint density at radius 2 is 1.79 bits per heavy atom. The molecule has 0 radical (unpaired) electrons. The van der Waals surface area contributed by atoms with Gasteiger partial charge in [-0.25, -0.2) is 0 Å². The number of anilines is 2. The van der Waals surface area contributed by atoms with Crippen LogP contribution < -0.4 is 19.7 Å². The summed E-state index contributed by atoms with van der Waals surface area (Å²) in [5.41, 5.74) is 1.22. The summed E-state index contributed by atoms with van der Waals surface area (Å²) >= 11 is 0. The first-order chi connectivity index (χ1) is 13.7. The van der Waals surface area contributed by atoms with Gasteiger partial charge in [-0.15, -0.1) is 5.10 Å². The molecule has 0 saturated heterocycles. The minimum absolute atomic E-state index is 0.504. The second kappa shape index (κ2) is 10.1. The van der Waals surface area contributed by atoms with Crippen LogP contribution in [-0.4, -0.2) is 54.0 Å². The number of hydrogen-bond acceptors (Lipinski definition) is 8. The van der Waals surface area contributed by atoms with Crippen molar-refractivity contribution in [2.24, 2.45) is 0 Å². The van der Waals surface area contributed by atoms with Crippen molar-refractivity contribution in [2.45, 2.75) is 6.42 Å². The minimum atomic E-state index is 0.504. The minimum Gasteiger partial charge on any atom is -0.497 e. The van der Waals surface area contributed by atoms with Gasteiger partial charge >= 0.3 is 0 Å². The van der Waals surface area contributed by atoms with Crippen LogP contribution >= 0.6 is 0 Å². The van der Waals surface area contributed by atoms with Crippen molar-refractivity contribution >= 4 is 11.8 Å². The summed E-state index contributed by atoms with van der Waals surface area (Å²) in [5.74, 6) is 2.84. The van der Waals surface area contributed by atoms with E-state index in [0.717, 1.165) is 24.5 Å². The van der Waals surface area contributed by atoms with Crippen molar-refractivity contribution in [3.8, 4) is 11.5 Å². The largest absolute Gasteiger partial charge is 0.497 e. The Hall–Kier alpha value is -3.42. The molecule has 8 heteroatoms. The Balaban J connectivity index is 1.44.